The summed E-state index contributed by atoms with van der Waals surface area (Å²) in [5.41, 5.74) is 2.62. The molecule has 31 heavy (non-hydrogen) atoms. The highest BCUT2D eigenvalue weighted by Gasteiger charge is 2.29. The summed E-state index contributed by atoms with van der Waals surface area (Å²) in [4.78, 5) is 15.3. The maximum Gasteiger partial charge on any atom is 0.243 e. The number of carbonyl (C=O) groups is 1. The standard InChI is InChI=1S/C23H30ClN3O3S/c1-18(27(31(2,29)30)22-11-9-21(24)10-12-22)23(28)25-16-19-7-6-8-20(15-19)17-26-13-4-3-5-14-26/h6-12,15,18H,3-5,13-14,16-17H2,1-2H3,(H,25,28)/t18-/m0/s1. The van der Waals surface area contributed by atoms with Crippen molar-refractivity contribution >= 4 is 33.2 Å². The summed E-state index contributed by atoms with van der Waals surface area (Å²) in [6, 6.07) is 13.7. The molecule has 1 fully saturated rings. The van der Waals surface area contributed by atoms with Gasteiger partial charge in [0.1, 0.15) is 6.04 Å². The Labute approximate surface area is 190 Å². The van der Waals surface area contributed by atoms with Gasteiger partial charge in [0.2, 0.25) is 15.9 Å². The van der Waals surface area contributed by atoms with Gasteiger partial charge in [-0.25, -0.2) is 8.42 Å². The van der Waals surface area contributed by atoms with E-state index in [4.69, 9.17) is 11.6 Å². The van der Waals surface area contributed by atoms with Gasteiger partial charge in [-0.1, -0.05) is 42.3 Å². The van der Waals surface area contributed by atoms with Crippen molar-refractivity contribution in [1.82, 2.24) is 10.2 Å². The Hall–Kier alpha value is -2.09. The van der Waals surface area contributed by atoms with E-state index < -0.39 is 16.1 Å². The quantitative estimate of drug-likeness (QED) is 0.646. The number of benzene rings is 2. The molecule has 2 aromatic rings. The van der Waals surface area contributed by atoms with Crippen molar-refractivity contribution in [2.24, 2.45) is 0 Å². The molecule has 0 spiro atoms. The van der Waals surface area contributed by atoms with Gasteiger partial charge in [0, 0.05) is 18.1 Å². The molecule has 1 atom stereocenters. The van der Waals surface area contributed by atoms with Crippen LogP contribution in [-0.4, -0.2) is 44.6 Å². The minimum atomic E-state index is -3.66. The predicted molar refractivity (Wildman–Crippen MR) is 126 cm³/mol. The predicted octanol–water partition coefficient (Wildman–Crippen LogP) is 3.80. The van der Waals surface area contributed by atoms with Crippen molar-refractivity contribution in [3.05, 3.63) is 64.7 Å². The lowest BCUT2D eigenvalue weighted by atomic mass is 10.1. The number of amides is 1. The van der Waals surface area contributed by atoms with E-state index in [1.165, 1.54) is 24.8 Å². The molecule has 1 aliphatic heterocycles. The number of rotatable bonds is 8. The number of piperidine rings is 1. The number of hydrogen-bond acceptors (Lipinski definition) is 4. The average Bonchev–Trinajstić information content (AvgIpc) is 2.73. The number of sulfonamides is 1. The van der Waals surface area contributed by atoms with Crippen molar-refractivity contribution in [1.29, 1.82) is 0 Å². The second-order valence-corrected chi connectivity index (χ2v) is 10.4. The lowest BCUT2D eigenvalue weighted by molar-refractivity contribution is -0.122. The molecule has 0 aliphatic carbocycles. The lowest BCUT2D eigenvalue weighted by Crippen LogP contribution is -2.47. The maximum atomic E-state index is 12.8. The van der Waals surface area contributed by atoms with Crippen LogP contribution >= 0.6 is 11.6 Å². The van der Waals surface area contributed by atoms with Crippen LogP contribution in [0, 0.1) is 0 Å². The van der Waals surface area contributed by atoms with Crippen LogP contribution in [0.2, 0.25) is 5.02 Å². The number of carbonyl (C=O) groups excluding carboxylic acids is 1. The highest BCUT2D eigenvalue weighted by Crippen LogP contribution is 2.23. The van der Waals surface area contributed by atoms with Crippen LogP contribution in [0.3, 0.4) is 0 Å². The fraction of sp³-hybridized carbons (Fsp3) is 0.435. The Morgan fingerprint density at radius 1 is 1.10 bits per heavy atom. The van der Waals surface area contributed by atoms with E-state index in [1.807, 2.05) is 12.1 Å². The minimum Gasteiger partial charge on any atom is -0.350 e. The van der Waals surface area contributed by atoms with Crippen LogP contribution in [0.4, 0.5) is 5.69 Å². The first-order valence-electron chi connectivity index (χ1n) is 10.6. The smallest absolute Gasteiger partial charge is 0.243 e. The fourth-order valence-electron chi connectivity index (χ4n) is 3.95. The van der Waals surface area contributed by atoms with E-state index in [2.05, 4.69) is 22.3 Å². The third kappa shape index (κ3) is 6.69. The third-order valence-electron chi connectivity index (χ3n) is 5.48. The van der Waals surface area contributed by atoms with Gasteiger partial charge in [-0.15, -0.1) is 0 Å². The summed E-state index contributed by atoms with van der Waals surface area (Å²) in [6.07, 6.45) is 4.90. The first kappa shape index (κ1) is 23.6. The van der Waals surface area contributed by atoms with Crippen LogP contribution < -0.4 is 9.62 Å². The summed E-state index contributed by atoms with van der Waals surface area (Å²) < 4.78 is 25.9. The van der Waals surface area contributed by atoms with Crippen LogP contribution in [0.25, 0.3) is 0 Å². The van der Waals surface area contributed by atoms with Gasteiger partial charge in [-0.05, 0) is 68.2 Å². The number of anilines is 1. The van der Waals surface area contributed by atoms with E-state index in [9.17, 15) is 13.2 Å². The second kappa shape index (κ2) is 10.5. The second-order valence-electron chi connectivity index (χ2n) is 8.09. The molecule has 0 saturated carbocycles. The average molecular weight is 464 g/mol. The van der Waals surface area contributed by atoms with Gasteiger partial charge < -0.3 is 5.32 Å². The summed E-state index contributed by atoms with van der Waals surface area (Å²) in [5, 5.41) is 3.38. The summed E-state index contributed by atoms with van der Waals surface area (Å²) in [7, 11) is -3.66. The van der Waals surface area contributed by atoms with Crippen LogP contribution in [0.5, 0.6) is 0 Å². The molecule has 8 heteroatoms. The molecular weight excluding hydrogens is 434 g/mol. The fourth-order valence-corrected chi connectivity index (χ4v) is 5.25. The molecule has 0 unspecified atom stereocenters. The van der Waals surface area contributed by atoms with E-state index in [0.29, 0.717) is 17.3 Å². The molecule has 1 heterocycles. The topological polar surface area (TPSA) is 69.7 Å². The number of nitrogens with one attached hydrogen (secondary N) is 1. The first-order valence-corrected chi connectivity index (χ1v) is 12.8. The highest BCUT2D eigenvalue weighted by molar-refractivity contribution is 7.92. The number of hydrogen-bond donors (Lipinski definition) is 1. The molecule has 1 saturated heterocycles. The molecule has 2 aromatic carbocycles. The van der Waals surface area contributed by atoms with Gasteiger partial charge >= 0.3 is 0 Å². The van der Waals surface area contributed by atoms with Crippen molar-refractivity contribution in [2.75, 3.05) is 23.7 Å². The van der Waals surface area contributed by atoms with E-state index in [0.717, 1.165) is 35.8 Å². The Bertz CT molecular complexity index is 989. The van der Waals surface area contributed by atoms with Gasteiger partial charge in [-0.2, -0.15) is 0 Å². The molecule has 168 valence electrons. The number of likely N-dealkylation sites (tertiary alicyclic amines) is 1. The number of nitrogens with zero attached hydrogens (tertiary/aromatic N) is 2. The van der Waals surface area contributed by atoms with E-state index in [-0.39, 0.29) is 5.91 Å². The summed E-state index contributed by atoms with van der Waals surface area (Å²) in [6.45, 7) is 5.10. The summed E-state index contributed by atoms with van der Waals surface area (Å²) in [5.74, 6) is -0.359. The maximum absolute atomic E-state index is 12.8. The first-order chi connectivity index (χ1) is 14.7. The minimum absolute atomic E-state index is 0.342. The van der Waals surface area contributed by atoms with E-state index in [1.54, 1.807) is 31.2 Å². The summed E-state index contributed by atoms with van der Waals surface area (Å²) >= 11 is 5.91. The molecule has 0 radical (unpaired) electrons. The van der Waals surface area contributed by atoms with Gasteiger partial charge in [0.25, 0.3) is 0 Å². The van der Waals surface area contributed by atoms with Gasteiger partial charge in [0.15, 0.2) is 0 Å². The van der Waals surface area contributed by atoms with Gasteiger partial charge in [-0.3, -0.25) is 14.0 Å². The number of halogens is 1. The molecule has 1 amide bonds. The molecule has 1 aliphatic rings. The largest absolute Gasteiger partial charge is 0.350 e. The lowest BCUT2D eigenvalue weighted by Gasteiger charge is -2.28. The van der Waals surface area contributed by atoms with Crippen molar-refractivity contribution in [3.63, 3.8) is 0 Å². The van der Waals surface area contributed by atoms with Crippen LogP contribution in [0.15, 0.2) is 48.5 Å². The molecular formula is C23H30ClN3O3S. The van der Waals surface area contributed by atoms with Crippen molar-refractivity contribution < 1.29 is 13.2 Å². The molecule has 3 rings (SSSR count). The molecule has 0 bridgehead atoms. The van der Waals surface area contributed by atoms with Crippen LogP contribution in [0.1, 0.15) is 37.3 Å². The molecule has 0 aromatic heterocycles. The zero-order chi connectivity index (χ0) is 22.4. The SMILES string of the molecule is C[C@@H](C(=O)NCc1cccc(CN2CCCCC2)c1)N(c1ccc(Cl)cc1)S(C)(=O)=O. The van der Waals surface area contributed by atoms with E-state index >= 15 is 0 Å². The Kier molecular flexibility index (Phi) is 7.97. The molecule has 6 nitrogen and oxygen atoms in total. The van der Waals surface area contributed by atoms with Crippen molar-refractivity contribution in [3.8, 4) is 0 Å². The zero-order valence-electron chi connectivity index (χ0n) is 18.1. The van der Waals surface area contributed by atoms with Gasteiger partial charge in [0.05, 0.1) is 11.9 Å². The Morgan fingerprint density at radius 3 is 2.39 bits per heavy atom. The normalized spacial score (nSPS) is 16.0. The zero-order valence-corrected chi connectivity index (χ0v) is 19.6. The molecule has 1 N–H and O–H groups in total. The Balaban J connectivity index is 1.64. The van der Waals surface area contributed by atoms with Crippen molar-refractivity contribution in [2.45, 2.75) is 45.3 Å². The van der Waals surface area contributed by atoms with Crippen LogP contribution in [-0.2, 0) is 27.9 Å². The highest BCUT2D eigenvalue weighted by atomic mass is 35.5. The third-order valence-corrected chi connectivity index (χ3v) is 6.98. The monoisotopic (exact) mass is 463 g/mol. The Morgan fingerprint density at radius 2 is 1.74 bits per heavy atom.